The van der Waals surface area contributed by atoms with Crippen LogP contribution in [0.1, 0.15) is 92.2 Å². The highest BCUT2D eigenvalue weighted by molar-refractivity contribution is 5.64. The highest BCUT2D eigenvalue weighted by Gasteiger charge is 2.52. The van der Waals surface area contributed by atoms with E-state index in [9.17, 15) is 5.26 Å². The van der Waals surface area contributed by atoms with Gasteiger partial charge in [-0.1, -0.05) is 13.0 Å². The smallest absolute Gasteiger partial charge is 0.318 e. The van der Waals surface area contributed by atoms with Gasteiger partial charge in [0.2, 0.25) is 0 Å². The molecule has 5 atom stereocenters. The molecular weight excluding hydrogens is 556 g/mol. The lowest BCUT2D eigenvalue weighted by molar-refractivity contribution is -0.0876. The van der Waals surface area contributed by atoms with Crippen molar-refractivity contribution < 1.29 is 18.9 Å². The number of methoxy groups -OCH3 is 1. The fourth-order valence-corrected chi connectivity index (χ4v) is 9.26. The van der Waals surface area contributed by atoms with Gasteiger partial charge in [0.05, 0.1) is 41.7 Å². The fourth-order valence-electron chi connectivity index (χ4n) is 9.26. The second kappa shape index (κ2) is 10.5. The Morgan fingerprint density at radius 1 is 1.16 bits per heavy atom. The third-order valence-corrected chi connectivity index (χ3v) is 11.9. The number of ether oxygens (including phenoxy) is 4. The second-order valence-corrected chi connectivity index (χ2v) is 14.2. The van der Waals surface area contributed by atoms with E-state index in [1.165, 1.54) is 6.42 Å². The average Bonchev–Trinajstić information content (AvgIpc) is 3.59. The summed E-state index contributed by atoms with van der Waals surface area (Å²) in [7, 11) is 1.81. The number of rotatable bonds is 5. The second-order valence-electron chi connectivity index (χ2n) is 14.2. The summed E-state index contributed by atoms with van der Waals surface area (Å²) in [6.45, 7) is 7.67. The number of hydrogen-bond acceptors (Lipinski definition) is 10. The summed E-state index contributed by atoms with van der Waals surface area (Å²) in [6.07, 6.45) is 9.08. The number of nitrogens with zero attached hydrogens (tertiary/aromatic N) is 5. The molecule has 10 nitrogen and oxygen atoms in total. The molecule has 10 heteroatoms. The maximum atomic E-state index is 10.2. The zero-order valence-corrected chi connectivity index (χ0v) is 26.1. The molecule has 0 amide bonds. The van der Waals surface area contributed by atoms with Crippen molar-refractivity contribution in [1.82, 2.24) is 14.9 Å². The Bertz CT molecular complexity index is 1500. The van der Waals surface area contributed by atoms with Crippen molar-refractivity contribution in [1.29, 1.82) is 5.26 Å². The minimum absolute atomic E-state index is 0.0276. The molecule has 4 fully saturated rings. The van der Waals surface area contributed by atoms with Crippen LogP contribution in [-0.2, 0) is 32.8 Å². The van der Waals surface area contributed by atoms with Crippen molar-refractivity contribution in [2.24, 2.45) is 0 Å². The molecule has 0 radical (unpaired) electrons. The Hall–Kier alpha value is -2.97. The van der Waals surface area contributed by atoms with Crippen LogP contribution in [0.15, 0.2) is 12.1 Å². The standard InChI is InChI=1S/C34H44N6O4/c1-22-7-10-34(29-24(22)5-6-27(36)25(29)17-35)16-28-26(19-44-34)30(40-13-11-32(40)9-4-14-42-20-32)38-31(37-28)43-21-33-8-3-12-39(33)18-23(15-33)41-2/h5-6,22-23H,3-4,7-16,18-21,36H2,1-2H3/t22-,23-,32-,33+,34-/m0/s1. The van der Waals surface area contributed by atoms with Gasteiger partial charge in [-0.25, -0.2) is 0 Å². The molecule has 5 aliphatic heterocycles. The van der Waals surface area contributed by atoms with E-state index in [2.05, 4.69) is 28.9 Å². The summed E-state index contributed by atoms with van der Waals surface area (Å²) < 4.78 is 25.3. The summed E-state index contributed by atoms with van der Waals surface area (Å²) in [4.78, 5) is 15.3. The molecule has 234 valence electrons. The molecule has 4 saturated heterocycles. The molecule has 1 aromatic heterocycles. The van der Waals surface area contributed by atoms with Crippen LogP contribution in [0.3, 0.4) is 0 Å². The molecule has 1 aromatic carbocycles. The van der Waals surface area contributed by atoms with Crippen molar-refractivity contribution in [3.05, 3.63) is 40.1 Å². The van der Waals surface area contributed by atoms with Gasteiger partial charge in [-0.15, -0.1) is 0 Å². The van der Waals surface area contributed by atoms with Gasteiger partial charge in [0.1, 0.15) is 24.1 Å². The average molecular weight is 601 g/mol. The van der Waals surface area contributed by atoms with E-state index in [1.807, 2.05) is 13.2 Å². The Morgan fingerprint density at radius 2 is 2.07 bits per heavy atom. The first-order valence-electron chi connectivity index (χ1n) is 16.5. The summed E-state index contributed by atoms with van der Waals surface area (Å²) in [5.74, 6) is 1.26. The Balaban J connectivity index is 1.18. The first-order chi connectivity index (χ1) is 21.4. The predicted molar refractivity (Wildman–Crippen MR) is 165 cm³/mol. The van der Waals surface area contributed by atoms with E-state index in [4.69, 9.17) is 34.6 Å². The van der Waals surface area contributed by atoms with Gasteiger partial charge in [-0.3, -0.25) is 4.90 Å². The monoisotopic (exact) mass is 600 g/mol. The number of nitrogen functional groups attached to an aromatic ring is 1. The number of hydrogen-bond donors (Lipinski definition) is 1. The lowest BCUT2D eigenvalue weighted by Gasteiger charge is -2.56. The quantitative estimate of drug-likeness (QED) is 0.501. The van der Waals surface area contributed by atoms with Crippen LogP contribution in [0.2, 0.25) is 0 Å². The molecule has 8 rings (SSSR count). The SMILES string of the molecule is CO[C@@H]1CN2CCC[C@]2(COc2nc3c(c(N4CC[C@]45CCCOC5)n2)CO[C@@]2(CC[C@H](C)c4ccc(N)c(C#N)c42)C3)C1. The Labute approximate surface area is 259 Å². The van der Waals surface area contributed by atoms with E-state index in [1.54, 1.807) is 0 Å². The normalized spacial score (nSPS) is 34.3. The lowest BCUT2D eigenvalue weighted by Crippen LogP contribution is -2.65. The molecule has 1 aliphatic carbocycles. The fraction of sp³-hybridized carbons (Fsp3) is 0.676. The third-order valence-electron chi connectivity index (χ3n) is 11.9. The highest BCUT2D eigenvalue weighted by atomic mass is 16.5. The summed E-state index contributed by atoms with van der Waals surface area (Å²) in [5, 5.41) is 10.2. The van der Waals surface area contributed by atoms with Gasteiger partial charge < -0.3 is 29.6 Å². The van der Waals surface area contributed by atoms with Gasteiger partial charge in [0.25, 0.3) is 0 Å². The zero-order chi connectivity index (χ0) is 30.1. The van der Waals surface area contributed by atoms with Crippen LogP contribution in [0.5, 0.6) is 6.01 Å². The van der Waals surface area contributed by atoms with Crippen LogP contribution in [-0.4, -0.2) is 78.6 Å². The van der Waals surface area contributed by atoms with Gasteiger partial charge in [0, 0.05) is 50.0 Å². The van der Waals surface area contributed by atoms with Crippen molar-refractivity contribution in [3.8, 4) is 12.1 Å². The summed E-state index contributed by atoms with van der Waals surface area (Å²) in [6, 6.07) is 6.81. The minimum Gasteiger partial charge on any atom is -0.461 e. The van der Waals surface area contributed by atoms with E-state index in [0.29, 0.717) is 42.8 Å². The molecule has 6 heterocycles. The van der Waals surface area contributed by atoms with E-state index < -0.39 is 5.60 Å². The minimum atomic E-state index is -0.656. The number of nitriles is 1. The number of nitrogens with two attached hydrogens (primary N) is 1. The topological polar surface area (TPSA) is 119 Å². The first-order valence-corrected chi connectivity index (χ1v) is 16.5. The summed E-state index contributed by atoms with van der Waals surface area (Å²) >= 11 is 0. The van der Waals surface area contributed by atoms with Crippen LogP contribution >= 0.6 is 0 Å². The maximum Gasteiger partial charge on any atom is 0.318 e. The van der Waals surface area contributed by atoms with Crippen LogP contribution < -0.4 is 15.4 Å². The molecule has 2 aromatic rings. The van der Waals surface area contributed by atoms with Gasteiger partial charge in [-0.05, 0) is 75.5 Å². The molecule has 6 aliphatic rings. The van der Waals surface area contributed by atoms with Crippen molar-refractivity contribution in [3.63, 3.8) is 0 Å². The largest absolute Gasteiger partial charge is 0.461 e. The first kappa shape index (κ1) is 28.5. The van der Waals surface area contributed by atoms with Gasteiger partial charge >= 0.3 is 6.01 Å². The Morgan fingerprint density at radius 3 is 2.84 bits per heavy atom. The molecule has 0 saturated carbocycles. The molecule has 44 heavy (non-hydrogen) atoms. The lowest BCUT2D eigenvalue weighted by atomic mass is 9.69. The molecule has 2 spiro atoms. The van der Waals surface area contributed by atoms with Crippen LogP contribution in [0.25, 0.3) is 0 Å². The van der Waals surface area contributed by atoms with E-state index in [0.717, 1.165) is 106 Å². The van der Waals surface area contributed by atoms with E-state index >= 15 is 0 Å². The highest BCUT2D eigenvalue weighted by Crippen LogP contribution is 2.52. The summed E-state index contributed by atoms with van der Waals surface area (Å²) in [5.41, 5.74) is 10.8. The van der Waals surface area contributed by atoms with Gasteiger partial charge in [0.15, 0.2) is 0 Å². The molecular formula is C34H44N6O4. The predicted octanol–water partition coefficient (Wildman–Crippen LogP) is 4.19. The maximum absolute atomic E-state index is 10.2. The number of aromatic nitrogens is 2. The molecule has 2 N–H and O–H groups in total. The van der Waals surface area contributed by atoms with Crippen molar-refractivity contribution in [2.45, 2.75) is 100 Å². The molecule has 0 bridgehead atoms. The zero-order valence-electron chi connectivity index (χ0n) is 26.1. The van der Waals surface area contributed by atoms with Crippen molar-refractivity contribution >= 4 is 11.5 Å². The third kappa shape index (κ3) is 4.27. The number of benzene rings is 1. The van der Waals surface area contributed by atoms with E-state index in [-0.39, 0.29) is 17.2 Å². The van der Waals surface area contributed by atoms with Crippen molar-refractivity contribution in [2.75, 3.05) is 57.2 Å². The van der Waals surface area contributed by atoms with Crippen LogP contribution in [0, 0.1) is 11.3 Å². The number of anilines is 2. The Kier molecular flexibility index (Phi) is 6.83. The van der Waals surface area contributed by atoms with Crippen LogP contribution in [0.4, 0.5) is 11.5 Å². The van der Waals surface area contributed by atoms with Gasteiger partial charge in [-0.2, -0.15) is 15.2 Å². The number of fused-ring (bicyclic) bond motifs is 4. The molecule has 0 unspecified atom stereocenters.